The molecule has 1 rings (SSSR count). The van der Waals surface area contributed by atoms with Crippen LogP contribution in [0.2, 0.25) is 0 Å². The fourth-order valence-electron chi connectivity index (χ4n) is 2.31. The van der Waals surface area contributed by atoms with Gasteiger partial charge in [0, 0.05) is 0 Å². The van der Waals surface area contributed by atoms with Gasteiger partial charge >= 0.3 is 138 Å². The Labute approximate surface area is 137 Å². The Kier molecular flexibility index (Phi) is 5.27. The molecule has 0 saturated carbocycles. The van der Waals surface area contributed by atoms with Crippen molar-refractivity contribution < 1.29 is 18.8 Å². The Morgan fingerprint density at radius 3 is 1.25 bits per heavy atom. The van der Waals surface area contributed by atoms with E-state index in [9.17, 15) is 0 Å². The van der Waals surface area contributed by atoms with Crippen molar-refractivity contribution in [2.24, 2.45) is 0 Å². The van der Waals surface area contributed by atoms with E-state index in [1.165, 1.54) is 28.2 Å². The van der Waals surface area contributed by atoms with Gasteiger partial charge in [0.05, 0.1) is 0 Å². The normalized spacial score (nSPS) is 13.8. The zero-order valence-electron chi connectivity index (χ0n) is 14.5. The summed E-state index contributed by atoms with van der Waals surface area (Å²) in [7, 11) is 0. The van der Waals surface area contributed by atoms with Gasteiger partial charge in [-0.2, -0.15) is 0 Å². The molecule has 20 heavy (non-hydrogen) atoms. The van der Waals surface area contributed by atoms with Crippen LogP contribution < -0.4 is 5.30 Å². The number of hydrogen-bond donors (Lipinski definition) is 0. The topological polar surface area (TPSA) is 0 Å². The zero-order valence-corrected chi connectivity index (χ0v) is 17.4. The second-order valence-corrected chi connectivity index (χ2v) is 10.7. The summed E-state index contributed by atoms with van der Waals surface area (Å²) in [6.45, 7) is 20.9. The summed E-state index contributed by atoms with van der Waals surface area (Å²) in [6, 6.07) is 4.89. The molecule has 0 radical (unpaired) electrons. The minimum atomic E-state index is 0.196. The second-order valence-electron chi connectivity index (χ2n) is 8.76. The molecule has 0 saturated heterocycles. The van der Waals surface area contributed by atoms with Crippen molar-refractivity contribution in [3.63, 3.8) is 0 Å². The van der Waals surface area contributed by atoms with E-state index in [0.717, 1.165) is 0 Å². The third-order valence-corrected chi connectivity index (χ3v) is 5.69. The van der Waals surface area contributed by atoms with Crippen LogP contribution in [0.25, 0.3) is 0 Å². The predicted octanol–water partition coefficient (Wildman–Crippen LogP) is 5.61. The fraction of sp³-hybridized carbons (Fsp3) is 0.667. The van der Waals surface area contributed by atoms with Gasteiger partial charge in [-0.3, -0.25) is 0 Å². The summed E-state index contributed by atoms with van der Waals surface area (Å²) < 4.78 is 0. The SMILES string of the molecule is CC(C)(C)c1cc(C(C)(C)C)c([P]=[Mo])c(C(C)(C)C)c1. The van der Waals surface area contributed by atoms with Crippen molar-refractivity contribution in [1.29, 1.82) is 0 Å². The summed E-state index contributed by atoms with van der Waals surface area (Å²) >= 11 is 2.18. The van der Waals surface area contributed by atoms with Gasteiger partial charge in [-0.05, 0) is 0 Å². The molecule has 0 amide bonds. The van der Waals surface area contributed by atoms with Crippen LogP contribution in [0.4, 0.5) is 0 Å². The number of rotatable bonds is 1. The van der Waals surface area contributed by atoms with Crippen molar-refractivity contribution in [2.45, 2.75) is 78.6 Å². The Morgan fingerprint density at radius 1 is 0.700 bits per heavy atom. The first-order valence-corrected chi connectivity index (χ1v) is 10.8. The fourth-order valence-corrected chi connectivity index (χ4v) is 4.76. The molecule has 0 heterocycles. The first-order valence-electron chi connectivity index (χ1n) is 7.31. The molecule has 0 aromatic heterocycles. The van der Waals surface area contributed by atoms with Crippen molar-refractivity contribution in [3.05, 3.63) is 28.8 Å². The molecule has 0 fully saturated rings. The second kappa shape index (κ2) is 5.77. The number of hydrogen-bond acceptors (Lipinski definition) is 0. The van der Waals surface area contributed by atoms with Crippen molar-refractivity contribution in [3.8, 4) is 0 Å². The quantitative estimate of drug-likeness (QED) is 0.444. The van der Waals surface area contributed by atoms with Crippen LogP contribution in [0.5, 0.6) is 0 Å². The van der Waals surface area contributed by atoms with Gasteiger partial charge in [0.25, 0.3) is 0 Å². The van der Waals surface area contributed by atoms with E-state index >= 15 is 0 Å². The van der Waals surface area contributed by atoms with E-state index < -0.39 is 0 Å². The molecule has 0 N–H and O–H groups in total. The van der Waals surface area contributed by atoms with Gasteiger partial charge in [0.15, 0.2) is 0 Å². The molecule has 0 aliphatic heterocycles. The molecular weight excluding hydrogens is 343 g/mol. The third kappa shape index (κ3) is 4.11. The summed E-state index contributed by atoms with van der Waals surface area (Å²) in [5.41, 5.74) is 5.08. The predicted molar refractivity (Wildman–Crippen MR) is 89.1 cm³/mol. The van der Waals surface area contributed by atoms with Gasteiger partial charge in [0.2, 0.25) is 0 Å². The standard InChI is InChI=1S/C18H29P.Mo/c1-16(2,3)12-10-13(17(4,5)6)15(19)14(11-12)18(7,8)9;/h10-11H,1-9H3;. The van der Waals surface area contributed by atoms with Gasteiger partial charge in [0.1, 0.15) is 0 Å². The van der Waals surface area contributed by atoms with E-state index in [0.29, 0.717) is 0 Å². The van der Waals surface area contributed by atoms with Crippen LogP contribution in [0, 0.1) is 0 Å². The number of benzene rings is 1. The Balaban J connectivity index is 3.80. The van der Waals surface area contributed by atoms with Crippen LogP contribution in [-0.2, 0) is 35.1 Å². The van der Waals surface area contributed by atoms with Crippen LogP contribution in [0.1, 0.15) is 79.0 Å². The molecule has 0 spiro atoms. The molecule has 0 nitrogen and oxygen atoms in total. The molecule has 0 unspecified atom stereocenters. The van der Waals surface area contributed by atoms with Gasteiger partial charge in [-0.15, -0.1) is 0 Å². The molecule has 0 atom stereocenters. The molecule has 2 heteroatoms. The Bertz CT molecular complexity index is 473. The maximum absolute atomic E-state index is 2.45. The van der Waals surface area contributed by atoms with E-state index in [-0.39, 0.29) is 16.2 Å². The first-order chi connectivity index (χ1) is 8.78. The van der Waals surface area contributed by atoms with Crippen molar-refractivity contribution in [1.82, 2.24) is 0 Å². The summed E-state index contributed by atoms with van der Waals surface area (Å²) in [5.74, 6) is 0. The summed E-state index contributed by atoms with van der Waals surface area (Å²) in [5, 5.41) is 1.53. The van der Waals surface area contributed by atoms with E-state index in [1.54, 1.807) is 0 Å². The average Bonchev–Trinajstić information content (AvgIpc) is 2.23. The van der Waals surface area contributed by atoms with E-state index in [2.05, 4.69) is 93.3 Å². The van der Waals surface area contributed by atoms with Crippen LogP contribution in [0.15, 0.2) is 12.1 Å². The molecule has 1 aromatic carbocycles. The first kappa shape index (κ1) is 18.3. The van der Waals surface area contributed by atoms with Crippen LogP contribution >= 0.6 is 6.21 Å². The van der Waals surface area contributed by atoms with Gasteiger partial charge in [-0.1, -0.05) is 0 Å². The molecule has 0 bridgehead atoms. The third-order valence-electron chi connectivity index (χ3n) is 3.68. The zero-order chi connectivity index (χ0) is 15.9. The maximum atomic E-state index is 2.45. The molecular formula is C18H29MoP. The minimum absolute atomic E-state index is 0.196. The van der Waals surface area contributed by atoms with Crippen LogP contribution in [-0.4, -0.2) is 0 Å². The van der Waals surface area contributed by atoms with Gasteiger partial charge < -0.3 is 0 Å². The van der Waals surface area contributed by atoms with E-state index in [1.807, 2.05) is 0 Å². The van der Waals surface area contributed by atoms with E-state index in [4.69, 9.17) is 0 Å². The van der Waals surface area contributed by atoms with Gasteiger partial charge in [-0.25, -0.2) is 0 Å². The Hall–Kier alpha value is 0.208. The molecule has 0 aliphatic carbocycles. The van der Waals surface area contributed by atoms with Crippen molar-refractivity contribution in [2.75, 3.05) is 0 Å². The summed E-state index contributed by atoms with van der Waals surface area (Å²) in [6.07, 6.45) is 1.38. The van der Waals surface area contributed by atoms with Crippen LogP contribution in [0.3, 0.4) is 0 Å². The summed E-state index contributed by atoms with van der Waals surface area (Å²) in [4.78, 5) is 0. The molecule has 1 aromatic rings. The molecule has 112 valence electrons. The molecule has 0 aliphatic rings. The monoisotopic (exact) mass is 374 g/mol. The average molecular weight is 372 g/mol. The Morgan fingerprint density at radius 2 is 1.05 bits per heavy atom. The van der Waals surface area contributed by atoms with Crippen molar-refractivity contribution >= 4 is 11.5 Å².